The standard InChI is InChI=1S/C66H128O17P2/c1-56(2)42-34-26-18-14-10-9-11-16-20-32-40-48-65(70)82-61(52-76-63(68)46-38-30-24-22-28-36-44-58(5)6)54-80-84(72,73)78-50-60(67)51-79-85(74,75)81-55-62(53-77-64(69)47-39-31-25-23-29-37-45-59(7)8)83-66(71)49-41-33-21-17-13-12-15-19-27-35-43-57(3)4/h56-62,67H,9-55H2,1-8H3,(H,72,73)(H,74,75)/t60-,61-,62-/m1/s1. The number of phosphoric acid groups is 2. The lowest BCUT2D eigenvalue weighted by molar-refractivity contribution is -0.161. The van der Waals surface area contributed by atoms with Crippen molar-refractivity contribution in [3.8, 4) is 0 Å². The monoisotopic (exact) mass is 1250 g/mol. The molecule has 0 heterocycles. The molecule has 19 heteroatoms. The largest absolute Gasteiger partial charge is 0.472 e. The van der Waals surface area contributed by atoms with Gasteiger partial charge in [0.15, 0.2) is 12.2 Å². The lowest BCUT2D eigenvalue weighted by atomic mass is 10.0. The molecule has 0 spiro atoms. The summed E-state index contributed by atoms with van der Waals surface area (Å²) < 4.78 is 68.0. The van der Waals surface area contributed by atoms with Crippen molar-refractivity contribution in [1.29, 1.82) is 0 Å². The molecule has 0 fully saturated rings. The van der Waals surface area contributed by atoms with Crippen LogP contribution in [0.3, 0.4) is 0 Å². The zero-order chi connectivity index (χ0) is 63.2. The summed E-state index contributed by atoms with van der Waals surface area (Å²) in [4.78, 5) is 72.3. The topological polar surface area (TPSA) is 237 Å². The van der Waals surface area contributed by atoms with E-state index in [0.29, 0.717) is 37.5 Å². The molecule has 0 aliphatic carbocycles. The van der Waals surface area contributed by atoms with Crippen LogP contribution >= 0.6 is 15.6 Å². The highest BCUT2D eigenvalue weighted by Crippen LogP contribution is 2.45. The Labute approximate surface area is 517 Å². The van der Waals surface area contributed by atoms with Crippen molar-refractivity contribution in [2.45, 2.75) is 337 Å². The van der Waals surface area contributed by atoms with Crippen molar-refractivity contribution < 1.29 is 80.2 Å². The van der Waals surface area contributed by atoms with Crippen LogP contribution in [0.25, 0.3) is 0 Å². The average Bonchev–Trinajstić information content (AvgIpc) is 3.57. The van der Waals surface area contributed by atoms with E-state index in [-0.39, 0.29) is 25.7 Å². The molecule has 504 valence electrons. The van der Waals surface area contributed by atoms with Gasteiger partial charge >= 0.3 is 39.5 Å². The molecule has 0 aliphatic heterocycles. The molecule has 0 radical (unpaired) electrons. The van der Waals surface area contributed by atoms with Crippen molar-refractivity contribution in [3.63, 3.8) is 0 Å². The predicted molar refractivity (Wildman–Crippen MR) is 340 cm³/mol. The molecule has 3 N–H and O–H groups in total. The van der Waals surface area contributed by atoms with Crippen LogP contribution < -0.4 is 0 Å². The molecular weight excluding hydrogens is 1130 g/mol. The Balaban J connectivity index is 5.24. The molecule has 0 saturated heterocycles. The lowest BCUT2D eigenvalue weighted by Crippen LogP contribution is -2.30. The number of unbranched alkanes of at least 4 members (excludes halogenated alkanes) is 29. The van der Waals surface area contributed by atoms with Crippen LogP contribution in [0.4, 0.5) is 0 Å². The van der Waals surface area contributed by atoms with E-state index in [1.807, 2.05) is 0 Å². The Morgan fingerprint density at radius 1 is 0.294 bits per heavy atom. The first-order valence-corrected chi connectivity index (χ1v) is 37.2. The van der Waals surface area contributed by atoms with E-state index < -0.39 is 97.5 Å². The molecule has 0 amide bonds. The third-order valence-electron chi connectivity index (χ3n) is 15.1. The van der Waals surface area contributed by atoms with Gasteiger partial charge in [0, 0.05) is 25.7 Å². The third-order valence-corrected chi connectivity index (χ3v) is 17.0. The highest BCUT2D eigenvalue weighted by Gasteiger charge is 2.30. The molecule has 0 rings (SSSR count). The summed E-state index contributed by atoms with van der Waals surface area (Å²) >= 11 is 0. The Morgan fingerprint density at radius 3 is 0.729 bits per heavy atom. The number of esters is 4. The zero-order valence-corrected chi connectivity index (χ0v) is 57.0. The normalized spacial score (nSPS) is 14.4. The van der Waals surface area contributed by atoms with Crippen LogP contribution in [-0.4, -0.2) is 96.7 Å². The average molecular weight is 1260 g/mol. The number of ether oxygens (including phenoxy) is 4. The molecule has 5 atom stereocenters. The summed E-state index contributed by atoms with van der Waals surface area (Å²) in [5, 5.41) is 10.5. The lowest BCUT2D eigenvalue weighted by Gasteiger charge is -2.21. The number of hydrogen-bond acceptors (Lipinski definition) is 15. The van der Waals surface area contributed by atoms with Gasteiger partial charge in [-0.2, -0.15) is 0 Å². The minimum absolute atomic E-state index is 0.104. The van der Waals surface area contributed by atoms with E-state index in [4.69, 9.17) is 37.0 Å². The van der Waals surface area contributed by atoms with Gasteiger partial charge in [0.25, 0.3) is 0 Å². The number of carbonyl (C=O) groups is 4. The van der Waals surface area contributed by atoms with Crippen molar-refractivity contribution in [2.24, 2.45) is 23.7 Å². The van der Waals surface area contributed by atoms with Gasteiger partial charge in [0.05, 0.1) is 26.4 Å². The number of aliphatic hydroxyl groups is 1. The highest BCUT2D eigenvalue weighted by molar-refractivity contribution is 7.47. The second kappa shape index (κ2) is 56.1. The van der Waals surface area contributed by atoms with E-state index in [9.17, 15) is 43.2 Å². The second-order valence-electron chi connectivity index (χ2n) is 25.8. The van der Waals surface area contributed by atoms with Gasteiger partial charge in [-0.05, 0) is 49.4 Å². The summed E-state index contributed by atoms with van der Waals surface area (Å²) in [6.45, 7) is 13.9. The first kappa shape index (κ1) is 83.1. The summed E-state index contributed by atoms with van der Waals surface area (Å²) in [5.41, 5.74) is 0. The van der Waals surface area contributed by atoms with Crippen molar-refractivity contribution in [2.75, 3.05) is 39.6 Å². The molecule has 0 aliphatic rings. The molecule has 0 aromatic carbocycles. The Morgan fingerprint density at radius 2 is 0.494 bits per heavy atom. The van der Waals surface area contributed by atoms with Crippen molar-refractivity contribution >= 4 is 39.5 Å². The van der Waals surface area contributed by atoms with Crippen LogP contribution in [0.5, 0.6) is 0 Å². The molecule has 0 bridgehead atoms. The number of hydrogen-bond donors (Lipinski definition) is 3. The van der Waals surface area contributed by atoms with Gasteiger partial charge in [-0.25, -0.2) is 9.13 Å². The molecule has 0 aromatic rings. The second-order valence-corrected chi connectivity index (χ2v) is 28.7. The molecule has 85 heavy (non-hydrogen) atoms. The number of phosphoric ester groups is 2. The molecule has 17 nitrogen and oxygen atoms in total. The van der Waals surface area contributed by atoms with E-state index >= 15 is 0 Å². The fourth-order valence-electron chi connectivity index (χ4n) is 9.78. The maximum Gasteiger partial charge on any atom is 0.472 e. The Bertz CT molecular complexity index is 1700. The molecule has 0 aromatic heterocycles. The summed E-state index contributed by atoms with van der Waals surface area (Å²) in [6.07, 6.45) is 36.5. The van der Waals surface area contributed by atoms with Gasteiger partial charge in [-0.15, -0.1) is 0 Å². The maximum atomic E-state index is 13.0. The van der Waals surface area contributed by atoms with Crippen LogP contribution in [-0.2, 0) is 65.4 Å². The molecule has 0 saturated carbocycles. The molecule has 2 unspecified atom stereocenters. The first-order chi connectivity index (χ1) is 40.6. The minimum atomic E-state index is -4.95. The first-order valence-electron chi connectivity index (χ1n) is 34.2. The quantitative estimate of drug-likeness (QED) is 0.0222. The predicted octanol–water partition coefficient (Wildman–Crippen LogP) is 18.1. The van der Waals surface area contributed by atoms with E-state index in [2.05, 4.69) is 55.4 Å². The summed E-state index contributed by atoms with van der Waals surface area (Å²) in [5.74, 6) is 0.738. The van der Waals surface area contributed by atoms with Crippen LogP contribution in [0.1, 0.15) is 319 Å². The fraction of sp³-hybridized carbons (Fsp3) is 0.939. The summed E-state index contributed by atoms with van der Waals surface area (Å²) in [7, 11) is -9.89. The van der Waals surface area contributed by atoms with Crippen molar-refractivity contribution in [3.05, 3.63) is 0 Å². The fourth-order valence-corrected chi connectivity index (χ4v) is 11.4. The van der Waals surface area contributed by atoms with Gasteiger partial charge in [-0.3, -0.25) is 37.3 Å². The zero-order valence-electron chi connectivity index (χ0n) is 55.2. The highest BCUT2D eigenvalue weighted by atomic mass is 31.2. The van der Waals surface area contributed by atoms with Crippen LogP contribution in [0.15, 0.2) is 0 Å². The van der Waals surface area contributed by atoms with E-state index in [0.717, 1.165) is 115 Å². The minimum Gasteiger partial charge on any atom is -0.462 e. The van der Waals surface area contributed by atoms with Crippen LogP contribution in [0, 0.1) is 23.7 Å². The number of aliphatic hydroxyl groups excluding tert-OH is 1. The third kappa shape index (κ3) is 60.7. The Hall–Kier alpha value is -1.94. The van der Waals surface area contributed by atoms with Gasteiger partial charge < -0.3 is 33.8 Å². The number of carbonyl (C=O) groups excluding carboxylic acids is 4. The smallest absolute Gasteiger partial charge is 0.462 e. The SMILES string of the molecule is CC(C)CCCCCCCCCCCCCC(=O)O[C@H](COC(=O)CCCCCCCCC(C)C)COP(=O)(O)OC[C@@H](O)COP(=O)(O)OC[C@@H](COC(=O)CCCCCCCCC(C)C)OC(=O)CCCCCCCCCCCCC(C)C. The summed E-state index contributed by atoms with van der Waals surface area (Å²) in [6, 6.07) is 0. The van der Waals surface area contributed by atoms with Crippen molar-refractivity contribution in [1.82, 2.24) is 0 Å². The van der Waals surface area contributed by atoms with Crippen LogP contribution in [0.2, 0.25) is 0 Å². The molecular formula is C66H128O17P2. The van der Waals surface area contributed by atoms with Gasteiger partial charge in [0.2, 0.25) is 0 Å². The van der Waals surface area contributed by atoms with Gasteiger partial charge in [0.1, 0.15) is 19.3 Å². The Kier molecular flexibility index (Phi) is 54.8. The van der Waals surface area contributed by atoms with E-state index in [1.165, 1.54) is 109 Å². The van der Waals surface area contributed by atoms with E-state index in [1.54, 1.807) is 0 Å². The maximum absolute atomic E-state index is 13.0. The number of rotatable bonds is 63. The van der Waals surface area contributed by atoms with Gasteiger partial charge in [-0.1, -0.05) is 267 Å².